The molecule has 0 aromatic carbocycles. The quantitative estimate of drug-likeness (QED) is 0.662. The summed E-state index contributed by atoms with van der Waals surface area (Å²) < 4.78 is 0. The van der Waals surface area contributed by atoms with Crippen molar-refractivity contribution in [1.29, 1.82) is 0 Å². The Morgan fingerprint density at radius 3 is 2.42 bits per heavy atom. The van der Waals surface area contributed by atoms with Crippen molar-refractivity contribution in [3.8, 4) is 0 Å². The zero-order valence-corrected chi connectivity index (χ0v) is 11.3. The molecule has 0 saturated carbocycles. The number of fused-ring (bicyclic) bond motifs is 2. The van der Waals surface area contributed by atoms with Gasteiger partial charge < -0.3 is 10.6 Å². The number of rotatable bonds is 2. The van der Waals surface area contributed by atoms with Crippen LogP contribution in [0.1, 0.15) is 25.7 Å². The first kappa shape index (κ1) is 14.0. The van der Waals surface area contributed by atoms with Crippen molar-refractivity contribution in [3.05, 3.63) is 28.4 Å². The Morgan fingerprint density at radius 2 is 1.95 bits per heavy atom. The summed E-state index contributed by atoms with van der Waals surface area (Å²) in [4.78, 5) is 16.7. The minimum Gasteiger partial charge on any atom is -0.351 e. The second-order valence-electron chi connectivity index (χ2n) is 5.16. The smallest absolute Gasteiger partial charge is 0.287 e. The lowest BCUT2D eigenvalue weighted by Crippen LogP contribution is -2.47. The maximum Gasteiger partial charge on any atom is 0.287 e. The minimum atomic E-state index is -0.419. The van der Waals surface area contributed by atoms with Gasteiger partial charge >= 0.3 is 0 Å². The first-order valence-electron chi connectivity index (χ1n) is 6.29. The van der Waals surface area contributed by atoms with Crippen LogP contribution in [-0.2, 0) is 0 Å². The van der Waals surface area contributed by atoms with Crippen molar-refractivity contribution in [1.82, 2.24) is 4.98 Å². The average Bonchev–Trinajstić information content (AvgIpc) is 2.62. The lowest BCUT2D eigenvalue weighted by atomic mass is 9.98. The monoisotopic (exact) mass is 284 g/mol. The van der Waals surface area contributed by atoms with Crippen molar-refractivity contribution in [2.75, 3.05) is 4.90 Å². The molecule has 2 saturated heterocycles. The van der Waals surface area contributed by atoms with Gasteiger partial charge in [0.25, 0.3) is 5.69 Å². The molecule has 3 rings (SSSR count). The van der Waals surface area contributed by atoms with Crippen molar-refractivity contribution in [3.63, 3.8) is 0 Å². The van der Waals surface area contributed by atoms with E-state index in [1.165, 1.54) is 12.3 Å². The summed E-state index contributed by atoms with van der Waals surface area (Å²) in [6.07, 6.45) is 5.63. The van der Waals surface area contributed by atoms with E-state index in [1.54, 1.807) is 6.07 Å². The van der Waals surface area contributed by atoms with E-state index < -0.39 is 4.92 Å². The van der Waals surface area contributed by atoms with Crippen LogP contribution in [0.25, 0.3) is 0 Å². The Kier molecular flexibility index (Phi) is 3.91. The van der Waals surface area contributed by atoms with Gasteiger partial charge in [-0.05, 0) is 31.7 Å². The number of aromatic nitrogens is 1. The predicted molar refractivity (Wildman–Crippen MR) is 74.6 cm³/mol. The molecule has 0 spiro atoms. The van der Waals surface area contributed by atoms with E-state index in [2.05, 4.69) is 9.88 Å². The first-order valence-corrected chi connectivity index (χ1v) is 6.29. The standard InChI is InChI=1S/C12H16N4O2.ClH/c13-8-5-9-1-2-10(6-8)15(9)12-4-3-11(7-14-12)16(17)18;/h3-4,7-10H,1-2,5-6,13H2;1H/t8?,9-,10+;. The predicted octanol–water partition coefficient (Wildman–Crippen LogP) is 1.87. The molecule has 2 aliphatic rings. The van der Waals surface area contributed by atoms with Crippen molar-refractivity contribution in [2.24, 2.45) is 5.73 Å². The van der Waals surface area contributed by atoms with Gasteiger partial charge in [0.05, 0.1) is 4.92 Å². The van der Waals surface area contributed by atoms with Crippen molar-refractivity contribution in [2.45, 2.75) is 43.8 Å². The van der Waals surface area contributed by atoms with Crippen molar-refractivity contribution >= 4 is 23.9 Å². The number of halogens is 1. The van der Waals surface area contributed by atoms with E-state index in [-0.39, 0.29) is 24.1 Å². The number of hydrogen-bond acceptors (Lipinski definition) is 5. The number of nitrogens with two attached hydrogens (primary N) is 1. The summed E-state index contributed by atoms with van der Waals surface area (Å²) in [5, 5.41) is 10.6. The summed E-state index contributed by atoms with van der Waals surface area (Å²) in [7, 11) is 0. The Hall–Kier alpha value is -1.40. The Morgan fingerprint density at radius 1 is 1.32 bits per heavy atom. The van der Waals surface area contributed by atoms with Gasteiger partial charge in [0.2, 0.25) is 0 Å². The Labute approximate surface area is 117 Å². The zero-order valence-electron chi connectivity index (χ0n) is 10.4. The van der Waals surface area contributed by atoms with Gasteiger partial charge in [0, 0.05) is 24.2 Å². The van der Waals surface area contributed by atoms with E-state index in [4.69, 9.17) is 5.73 Å². The van der Waals surface area contributed by atoms with Gasteiger partial charge in [-0.2, -0.15) is 0 Å². The molecule has 19 heavy (non-hydrogen) atoms. The highest BCUT2D eigenvalue weighted by atomic mass is 35.5. The van der Waals surface area contributed by atoms with Gasteiger partial charge in [-0.25, -0.2) is 4.98 Å². The van der Waals surface area contributed by atoms with Crippen LogP contribution >= 0.6 is 12.4 Å². The van der Waals surface area contributed by atoms with Gasteiger partial charge in [-0.3, -0.25) is 10.1 Å². The zero-order chi connectivity index (χ0) is 12.7. The summed E-state index contributed by atoms with van der Waals surface area (Å²) in [6.45, 7) is 0. The van der Waals surface area contributed by atoms with Crippen LogP contribution in [0.5, 0.6) is 0 Å². The van der Waals surface area contributed by atoms with E-state index in [9.17, 15) is 10.1 Å². The molecular formula is C12H17ClN4O2. The maximum absolute atomic E-state index is 10.6. The largest absolute Gasteiger partial charge is 0.351 e. The molecule has 7 heteroatoms. The van der Waals surface area contributed by atoms with E-state index in [0.717, 1.165) is 31.5 Å². The molecular weight excluding hydrogens is 268 g/mol. The van der Waals surface area contributed by atoms with Crippen LogP contribution < -0.4 is 10.6 Å². The fourth-order valence-electron chi connectivity index (χ4n) is 3.23. The molecule has 3 atom stereocenters. The molecule has 2 bridgehead atoms. The van der Waals surface area contributed by atoms with Crippen LogP contribution in [0, 0.1) is 10.1 Å². The fourth-order valence-corrected chi connectivity index (χ4v) is 3.23. The second-order valence-corrected chi connectivity index (χ2v) is 5.16. The van der Waals surface area contributed by atoms with E-state index in [0.29, 0.717) is 12.1 Å². The molecule has 2 aliphatic heterocycles. The lowest BCUT2D eigenvalue weighted by molar-refractivity contribution is -0.385. The SMILES string of the molecule is Cl.NC1C[C@H]2CC[C@@H](C1)N2c1ccc([N+](=O)[O-])cn1. The molecule has 1 aromatic rings. The second kappa shape index (κ2) is 5.30. The summed E-state index contributed by atoms with van der Waals surface area (Å²) in [5.74, 6) is 0.847. The molecule has 0 amide bonds. The highest BCUT2D eigenvalue weighted by molar-refractivity contribution is 5.85. The molecule has 1 aromatic heterocycles. The Balaban J connectivity index is 0.00000133. The van der Waals surface area contributed by atoms with Crippen LogP contribution in [0.2, 0.25) is 0 Å². The number of nitrogens with zero attached hydrogens (tertiary/aromatic N) is 3. The highest BCUT2D eigenvalue weighted by Crippen LogP contribution is 2.38. The van der Waals surface area contributed by atoms with Gasteiger partial charge in [0.1, 0.15) is 12.0 Å². The molecule has 6 nitrogen and oxygen atoms in total. The topological polar surface area (TPSA) is 85.3 Å². The minimum absolute atomic E-state index is 0. The molecule has 0 aliphatic carbocycles. The maximum atomic E-state index is 10.6. The van der Waals surface area contributed by atoms with Gasteiger partial charge in [0.15, 0.2) is 0 Å². The fraction of sp³-hybridized carbons (Fsp3) is 0.583. The van der Waals surface area contributed by atoms with E-state index >= 15 is 0 Å². The number of anilines is 1. The van der Waals surface area contributed by atoms with Gasteiger partial charge in [-0.15, -0.1) is 12.4 Å². The number of hydrogen-bond donors (Lipinski definition) is 1. The van der Waals surface area contributed by atoms with Gasteiger partial charge in [-0.1, -0.05) is 0 Å². The molecule has 1 unspecified atom stereocenters. The van der Waals surface area contributed by atoms with E-state index in [1.807, 2.05) is 0 Å². The summed E-state index contributed by atoms with van der Waals surface area (Å²) in [5.41, 5.74) is 6.06. The lowest BCUT2D eigenvalue weighted by Gasteiger charge is -2.38. The van der Waals surface area contributed by atoms with Crippen LogP contribution in [0.3, 0.4) is 0 Å². The van der Waals surface area contributed by atoms with Crippen LogP contribution in [0.4, 0.5) is 11.5 Å². The number of piperidine rings is 1. The molecule has 2 N–H and O–H groups in total. The number of nitro groups is 1. The highest BCUT2D eigenvalue weighted by Gasteiger charge is 2.40. The first-order chi connectivity index (χ1) is 8.65. The average molecular weight is 285 g/mol. The summed E-state index contributed by atoms with van der Waals surface area (Å²) >= 11 is 0. The van der Waals surface area contributed by atoms with Crippen LogP contribution in [0.15, 0.2) is 18.3 Å². The third-order valence-electron chi connectivity index (χ3n) is 3.98. The third kappa shape index (κ3) is 2.50. The third-order valence-corrected chi connectivity index (χ3v) is 3.98. The summed E-state index contributed by atoms with van der Waals surface area (Å²) in [6, 6.07) is 4.47. The van der Waals surface area contributed by atoms with Crippen LogP contribution in [-0.4, -0.2) is 28.0 Å². The van der Waals surface area contributed by atoms with Crippen molar-refractivity contribution < 1.29 is 4.92 Å². The molecule has 0 radical (unpaired) electrons. The molecule has 2 fully saturated rings. The normalized spacial score (nSPS) is 28.9. The Bertz CT molecular complexity index is 453. The number of pyridine rings is 1. The molecule has 104 valence electrons. The molecule has 3 heterocycles.